The third-order valence-electron chi connectivity index (χ3n) is 4.83. The van der Waals surface area contributed by atoms with Crippen molar-refractivity contribution in [1.82, 2.24) is 10.3 Å². The highest BCUT2D eigenvalue weighted by Gasteiger charge is 2.11. The van der Waals surface area contributed by atoms with E-state index in [2.05, 4.69) is 45.7 Å². The highest BCUT2D eigenvalue weighted by atomic mass is 16.5. The van der Waals surface area contributed by atoms with Crippen LogP contribution in [0.5, 0.6) is 11.6 Å². The van der Waals surface area contributed by atoms with Crippen molar-refractivity contribution in [3.63, 3.8) is 0 Å². The van der Waals surface area contributed by atoms with Crippen LogP contribution in [-0.4, -0.2) is 24.0 Å². The number of nitrogens with one attached hydrogen (secondary N) is 2. The van der Waals surface area contributed by atoms with Crippen LogP contribution in [-0.2, 0) is 0 Å². The molecule has 2 N–H and O–H groups in total. The number of benzene rings is 1. The molecular formula is C24H24N4O. The second-order valence-corrected chi connectivity index (χ2v) is 7.24. The van der Waals surface area contributed by atoms with Crippen molar-refractivity contribution in [3.05, 3.63) is 71.4 Å². The summed E-state index contributed by atoms with van der Waals surface area (Å²) in [6.45, 7) is 7.89. The van der Waals surface area contributed by atoms with Crippen molar-refractivity contribution in [1.29, 1.82) is 0 Å². The first kappa shape index (κ1) is 18.8. The summed E-state index contributed by atoms with van der Waals surface area (Å²) in [4.78, 5) is 8.93. The Morgan fingerprint density at radius 1 is 1.03 bits per heavy atom. The molecule has 1 aliphatic heterocycles. The first-order valence-corrected chi connectivity index (χ1v) is 9.80. The van der Waals surface area contributed by atoms with E-state index in [-0.39, 0.29) is 0 Å². The second kappa shape index (κ2) is 8.24. The molecule has 0 aliphatic carbocycles. The molecule has 0 radical (unpaired) electrons. The van der Waals surface area contributed by atoms with Crippen LogP contribution in [0.3, 0.4) is 0 Å². The summed E-state index contributed by atoms with van der Waals surface area (Å²) in [5.74, 6) is 2.18. The van der Waals surface area contributed by atoms with E-state index in [0.717, 1.165) is 64.7 Å². The van der Waals surface area contributed by atoms with Crippen molar-refractivity contribution in [2.45, 2.75) is 27.2 Å². The Kier molecular flexibility index (Phi) is 5.35. The topological polar surface area (TPSA) is 58.5 Å². The standard InChI is InChI=1S/C24H24N4O/c1-16-5-7-19(8-6-16)20-9-10-23(27-15-20)29-22-14-17(2)21(13-18(22)3)28-24-25-11-4-12-26-24/h5,7,9-10,13-15H,4,11-12H2,1-3H3,(H2,25,26,28). The lowest BCUT2D eigenvalue weighted by Crippen LogP contribution is -2.35. The fourth-order valence-electron chi connectivity index (χ4n) is 3.12. The number of aromatic nitrogens is 1. The minimum absolute atomic E-state index is 0.561. The molecule has 0 bridgehead atoms. The molecule has 0 spiro atoms. The number of aliphatic imine (C=N–C) groups is 1. The molecule has 0 amide bonds. The number of guanidine groups is 1. The van der Waals surface area contributed by atoms with Gasteiger partial charge < -0.3 is 15.4 Å². The van der Waals surface area contributed by atoms with E-state index < -0.39 is 0 Å². The van der Waals surface area contributed by atoms with Crippen molar-refractivity contribution in [2.24, 2.45) is 4.99 Å². The van der Waals surface area contributed by atoms with Gasteiger partial charge in [-0.2, -0.15) is 0 Å². The Labute approximate surface area is 171 Å². The van der Waals surface area contributed by atoms with E-state index in [1.807, 2.05) is 44.2 Å². The molecule has 29 heavy (non-hydrogen) atoms. The van der Waals surface area contributed by atoms with Crippen LogP contribution >= 0.6 is 0 Å². The summed E-state index contributed by atoms with van der Waals surface area (Å²) >= 11 is 0. The predicted molar refractivity (Wildman–Crippen MR) is 117 cm³/mol. The van der Waals surface area contributed by atoms with Gasteiger partial charge in [-0.05, 0) is 74.2 Å². The fraction of sp³-hybridized carbons (Fsp3) is 0.250. The first-order chi connectivity index (χ1) is 14.1. The zero-order chi connectivity index (χ0) is 20.2. The van der Waals surface area contributed by atoms with Gasteiger partial charge in [0.1, 0.15) is 5.75 Å². The monoisotopic (exact) mass is 384 g/mol. The lowest BCUT2D eigenvalue weighted by molar-refractivity contribution is 0.459. The van der Waals surface area contributed by atoms with E-state index in [4.69, 9.17) is 4.74 Å². The van der Waals surface area contributed by atoms with Gasteiger partial charge in [-0.3, -0.25) is 4.99 Å². The SMILES string of the molecule is Cc1c#cc(-c2ccc(Oc3cc(C)c(NC4=NCCCN4)cc3C)nc2)cc1. The zero-order valence-corrected chi connectivity index (χ0v) is 17.0. The molecule has 5 nitrogen and oxygen atoms in total. The molecular weight excluding hydrogens is 360 g/mol. The van der Waals surface area contributed by atoms with Crippen molar-refractivity contribution in [2.75, 3.05) is 18.4 Å². The maximum absolute atomic E-state index is 6.04. The Balaban J connectivity index is 1.49. The predicted octanol–water partition coefficient (Wildman–Crippen LogP) is 4.83. The molecule has 0 fully saturated rings. The number of ether oxygens (including phenoxy) is 1. The van der Waals surface area contributed by atoms with E-state index in [1.54, 1.807) is 6.20 Å². The summed E-state index contributed by atoms with van der Waals surface area (Å²) < 4.78 is 6.04. The molecule has 0 unspecified atom stereocenters. The second-order valence-electron chi connectivity index (χ2n) is 7.24. The Hall–Kier alpha value is -3.52. The largest absolute Gasteiger partial charge is 0.439 e. The van der Waals surface area contributed by atoms with Gasteiger partial charge in [-0.25, -0.2) is 4.98 Å². The maximum Gasteiger partial charge on any atom is 0.219 e. The quantitative estimate of drug-likeness (QED) is 0.677. The zero-order valence-electron chi connectivity index (χ0n) is 17.0. The number of nitrogens with zero attached hydrogens (tertiary/aromatic N) is 2. The van der Waals surface area contributed by atoms with E-state index in [1.165, 1.54) is 0 Å². The van der Waals surface area contributed by atoms with Gasteiger partial charge in [0.05, 0.1) is 0 Å². The molecule has 146 valence electrons. The normalized spacial score (nSPS) is 13.1. The summed E-state index contributed by atoms with van der Waals surface area (Å²) in [6.07, 6.45) is 2.87. The van der Waals surface area contributed by atoms with E-state index in [9.17, 15) is 0 Å². The number of pyridine rings is 1. The van der Waals surface area contributed by atoms with Gasteiger partial charge in [-0.15, -0.1) is 0 Å². The molecule has 2 heterocycles. The molecule has 0 atom stereocenters. The first-order valence-electron chi connectivity index (χ1n) is 9.80. The Bertz CT molecular complexity index is 1020. The fourth-order valence-corrected chi connectivity index (χ4v) is 3.12. The van der Waals surface area contributed by atoms with Crippen LogP contribution in [0.1, 0.15) is 23.1 Å². The van der Waals surface area contributed by atoms with Crippen LogP contribution in [0.4, 0.5) is 5.69 Å². The van der Waals surface area contributed by atoms with Crippen molar-refractivity contribution in [3.8, 4) is 22.8 Å². The van der Waals surface area contributed by atoms with Crippen molar-refractivity contribution < 1.29 is 4.74 Å². The number of hydrogen-bond donors (Lipinski definition) is 2. The highest BCUT2D eigenvalue weighted by Crippen LogP contribution is 2.30. The van der Waals surface area contributed by atoms with Gasteiger partial charge >= 0.3 is 0 Å². The van der Waals surface area contributed by atoms with Crippen molar-refractivity contribution >= 4 is 11.6 Å². The van der Waals surface area contributed by atoms with Gasteiger partial charge in [0.15, 0.2) is 5.96 Å². The van der Waals surface area contributed by atoms with Crippen LogP contribution in [0.25, 0.3) is 11.1 Å². The van der Waals surface area contributed by atoms with Crippen LogP contribution < -0.4 is 15.4 Å². The minimum Gasteiger partial charge on any atom is -0.439 e. The number of anilines is 1. The van der Waals surface area contributed by atoms with Gasteiger partial charge in [0.2, 0.25) is 5.88 Å². The summed E-state index contributed by atoms with van der Waals surface area (Å²) in [5.41, 5.74) is 6.16. The number of rotatable bonds is 4. The Morgan fingerprint density at radius 2 is 1.93 bits per heavy atom. The number of aryl methyl sites for hydroxylation is 3. The van der Waals surface area contributed by atoms with E-state index >= 15 is 0 Å². The van der Waals surface area contributed by atoms with E-state index in [0.29, 0.717) is 5.88 Å². The molecule has 1 aliphatic rings. The van der Waals surface area contributed by atoms with Gasteiger partial charge in [0.25, 0.3) is 0 Å². The van der Waals surface area contributed by atoms with Gasteiger partial charge in [0, 0.05) is 42.2 Å². The molecule has 3 aromatic rings. The third-order valence-corrected chi connectivity index (χ3v) is 4.83. The maximum atomic E-state index is 6.04. The lowest BCUT2D eigenvalue weighted by Gasteiger charge is -2.18. The summed E-state index contributed by atoms with van der Waals surface area (Å²) in [5, 5.41) is 6.66. The van der Waals surface area contributed by atoms with Crippen LogP contribution in [0.2, 0.25) is 0 Å². The van der Waals surface area contributed by atoms with Crippen LogP contribution in [0, 0.1) is 32.9 Å². The average molecular weight is 384 g/mol. The number of hydrogen-bond acceptors (Lipinski definition) is 5. The summed E-state index contributed by atoms with van der Waals surface area (Å²) in [7, 11) is 0. The highest BCUT2D eigenvalue weighted by molar-refractivity contribution is 5.94. The molecule has 0 saturated carbocycles. The molecule has 5 heteroatoms. The van der Waals surface area contributed by atoms with Gasteiger partial charge in [-0.1, -0.05) is 12.1 Å². The van der Waals surface area contributed by atoms with Crippen LogP contribution in [0.15, 0.2) is 47.6 Å². The summed E-state index contributed by atoms with van der Waals surface area (Å²) in [6, 6.07) is 18.3. The molecule has 4 rings (SSSR count). The lowest BCUT2D eigenvalue weighted by atomic mass is 10.1. The average Bonchev–Trinajstić information content (AvgIpc) is 2.74. The smallest absolute Gasteiger partial charge is 0.219 e. The Morgan fingerprint density at radius 3 is 2.62 bits per heavy atom. The molecule has 1 aromatic heterocycles. The molecule has 0 saturated heterocycles. The molecule has 2 aromatic carbocycles. The minimum atomic E-state index is 0.561. The third kappa shape index (κ3) is 4.49.